The second kappa shape index (κ2) is 6.84. The van der Waals surface area contributed by atoms with Gasteiger partial charge in [-0.05, 0) is 34.1 Å². The van der Waals surface area contributed by atoms with E-state index in [4.69, 9.17) is 0 Å². The van der Waals surface area contributed by atoms with Crippen molar-refractivity contribution in [2.75, 3.05) is 5.32 Å². The molecule has 0 bridgehead atoms. The summed E-state index contributed by atoms with van der Waals surface area (Å²) in [6.07, 6.45) is 0. The summed E-state index contributed by atoms with van der Waals surface area (Å²) in [5.74, 6) is -0.695. The van der Waals surface area contributed by atoms with Gasteiger partial charge in [0.1, 0.15) is 0 Å². The Bertz CT molecular complexity index is 793. The largest absolute Gasteiger partial charge is 0.321 e. The van der Waals surface area contributed by atoms with Gasteiger partial charge in [0, 0.05) is 21.1 Å². The first-order valence-corrected chi connectivity index (χ1v) is 7.57. The summed E-state index contributed by atoms with van der Waals surface area (Å²) < 4.78 is 1.37. The number of benzene rings is 2. The number of nitro groups is 2. The second-order valence-corrected chi connectivity index (χ2v) is 6.10. The van der Waals surface area contributed by atoms with E-state index in [0.29, 0.717) is 10.2 Å². The number of carbonyl (C=O) groups is 1. The molecule has 118 valence electrons. The maximum atomic E-state index is 12.2. The summed E-state index contributed by atoms with van der Waals surface area (Å²) in [5, 5.41) is 24.2. The molecule has 0 aliphatic carbocycles. The van der Waals surface area contributed by atoms with Gasteiger partial charge < -0.3 is 5.32 Å². The first-order chi connectivity index (χ1) is 10.8. The van der Waals surface area contributed by atoms with Gasteiger partial charge >= 0.3 is 0 Å². The first kappa shape index (κ1) is 17.0. The molecule has 0 heterocycles. The Morgan fingerprint density at radius 1 is 0.957 bits per heavy atom. The summed E-state index contributed by atoms with van der Waals surface area (Å²) in [6, 6.07) is 7.76. The molecule has 2 rings (SSSR count). The normalized spacial score (nSPS) is 10.2. The molecule has 1 N–H and O–H groups in total. The van der Waals surface area contributed by atoms with Gasteiger partial charge in [0.15, 0.2) is 0 Å². The number of halogens is 2. The van der Waals surface area contributed by atoms with E-state index in [1.165, 1.54) is 0 Å². The molecule has 0 atom stereocenters. The maximum Gasteiger partial charge on any atom is 0.277 e. The van der Waals surface area contributed by atoms with Crippen molar-refractivity contribution in [3.63, 3.8) is 0 Å². The molecule has 0 saturated heterocycles. The van der Waals surface area contributed by atoms with Crippen molar-refractivity contribution in [1.29, 1.82) is 0 Å². The monoisotopic (exact) mass is 443 g/mol. The van der Waals surface area contributed by atoms with Crippen LogP contribution in [0, 0.1) is 20.2 Å². The van der Waals surface area contributed by atoms with Crippen molar-refractivity contribution < 1.29 is 14.6 Å². The van der Waals surface area contributed by atoms with E-state index in [1.54, 1.807) is 18.2 Å². The lowest BCUT2D eigenvalue weighted by molar-refractivity contribution is -0.394. The lowest BCUT2D eigenvalue weighted by Crippen LogP contribution is -2.13. The number of anilines is 1. The minimum Gasteiger partial charge on any atom is -0.321 e. The molecule has 0 saturated carbocycles. The van der Waals surface area contributed by atoms with Crippen molar-refractivity contribution in [2.24, 2.45) is 0 Å². The Hall–Kier alpha value is -2.33. The van der Waals surface area contributed by atoms with Crippen LogP contribution >= 0.6 is 31.9 Å². The highest BCUT2D eigenvalue weighted by molar-refractivity contribution is 9.11. The Morgan fingerprint density at radius 3 is 2.00 bits per heavy atom. The van der Waals surface area contributed by atoms with E-state index in [9.17, 15) is 25.0 Å². The highest BCUT2D eigenvalue weighted by Gasteiger charge is 2.20. The molecule has 10 heteroatoms. The van der Waals surface area contributed by atoms with Gasteiger partial charge in [-0.15, -0.1) is 0 Å². The number of nitrogens with zero attached hydrogens (tertiary/aromatic N) is 2. The molecule has 0 aliphatic heterocycles. The molecule has 1 amide bonds. The quantitative estimate of drug-likeness (QED) is 0.558. The van der Waals surface area contributed by atoms with Gasteiger partial charge in [0.05, 0.1) is 27.2 Å². The van der Waals surface area contributed by atoms with E-state index < -0.39 is 27.1 Å². The minimum absolute atomic E-state index is 0.180. The van der Waals surface area contributed by atoms with Crippen LogP contribution in [-0.4, -0.2) is 15.8 Å². The lowest BCUT2D eigenvalue weighted by Gasteiger charge is -2.08. The van der Waals surface area contributed by atoms with Crippen molar-refractivity contribution in [3.05, 3.63) is 71.1 Å². The molecule has 2 aromatic carbocycles. The Labute approximate surface area is 146 Å². The molecule has 0 radical (unpaired) electrons. The predicted molar refractivity (Wildman–Crippen MR) is 89.5 cm³/mol. The van der Waals surface area contributed by atoms with Crippen LogP contribution in [0.5, 0.6) is 0 Å². The topological polar surface area (TPSA) is 115 Å². The summed E-state index contributed by atoms with van der Waals surface area (Å²) in [6.45, 7) is 0. The fourth-order valence-electron chi connectivity index (χ4n) is 1.72. The number of nitrogens with one attached hydrogen (secondary N) is 1. The van der Waals surface area contributed by atoms with Crippen LogP contribution < -0.4 is 5.32 Å². The van der Waals surface area contributed by atoms with E-state index in [0.717, 1.165) is 22.7 Å². The van der Waals surface area contributed by atoms with Crippen LogP contribution in [0.3, 0.4) is 0 Å². The number of non-ortho nitro benzene ring substituents is 2. The fourth-order valence-corrected chi connectivity index (χ4v) is 2.87. The third-order valence-electron chi connectivity index (χ3n) is 2.77. The fraction of sp³-hybridized carbons (Fsp3) is 0. The standard InChI is InChI=1S/C13H7Br2N3O5/c14-8-1-2-12(11(15)5-8)16-13(19)7-3-9(17(20)21)6-10(4-7)18(22)23/h1-6H,(H,16,19). The predicted octanol–water partition coefficient (Wildman–Crippen LogP) is 4.28. The van der Waals surface area contributed by atoms with Crippen LogP contribution in [0.15, 0.2) is 45.3 Å². The van der Waals surface area contributed by atoms with Gasteiger partial charge in [0.2, 0.25) is 0 Å². The number of hydrogen-bond acceptors (Lipinski definition) is 5. The van der Waals surface area contributed by atoms with Crippen LogP contribution in [0.2, 0.25) is 0 Å². The van der Waals surface area contributed by atoms with Crippen molar-refractivity contribution in [2.45, 2.75) is 0 Å². The van der Waals surface area contributed by atoms with E-state index >= 15 is 0 Å². The third-order valence-corrected chi connectivity index (χ3v) is 3.92. The molecule has 0 aliphatic rings. The van der Waals surface area contributed by atoms with Gasteiger partial charge in [-0.2, -0.15) is 0 Å². The Kier molecular flexibility index (Phi) is 5.06. The molecule has 8 nitrogen and oxygen atoms in total. The number of amides is 1. The molecule has 23 heavy (non-hydrogen) atoms. The SMILES string of the molecule is O=C(Nc1ccc(Br)cc1Br)c1cc([N+](=O)[O-])cc([N+](=O)[O-])c1. The smallest absolute Gasteiger partial charge is 0.277 e. The molecule has 2 aromatic rings. The highest BCUT2D eigenvalue weighted by Crippen LogP contribution is 2.28. The van der Waals surface area contributed by atoms with Crippen LogP contribution in [0.1, 0.15) is 10.4 Å². The maximum absolute atomic E-state index is 12.2. The van der Waals surface area contributed by atoms with Crippen LogP contribution in [0.25, 0.3) is 0 Å². The molecule has 0 fully saturated rings. The summed E-state index contributed by atoms with van der Waals surface area (Å²) >= 11 is 6.53. The number of carbonyl (C=O) groups excluding carboxylic acids is 1. The third kappa shape index (κ3) is 4.11. The summed E-state index contributed by atoms with van der Waals surface area (Å²) in [4.78, 5) is 32.3. The van der Waals surface area contributed by atoms with E-state index in [2.05, 4.69) is 37.2 Å². The average molecular weight is 445 g/mol. The first-order valence-electron chi connectivity index (χ1n) is 5.98. The van der Waals surface area contributed by atoms with Gasteiger partial charge in [-0.25, -0.2) is 0 Å². The lowest BCUT2D eigenvalue weighted by atomic mass is 10.1. The highest BCUT2D eigenvalue weighted by atomic mass is 79.9. The molecular formula is C13H7Br2N3O5. The molecular weight excluding hydrogens is 438 g/mol. The second-order valence-electron chi connectivity index (χ2n) is 4.33. The minimum atomic E-state index is -0.792. The van der Waals surface area contributed by atoms with Crippen molar-refractivity contribution >= 4 is 54.8 Å². The van der Waals surface area contributed by atoms with E-state index in [-0.39, 0.29) is 5.56 Å². The van der Waals surface area contributed by atoms with Crippen molar-refractivity contribution in [1.82, 2.24) is 0 Å². The zero-order chi connectivity index (χ0) is 17.1. The molecule has 0 spiro atoms. The average Bonchev–Trinajstić information content (AvgIpc) is 2.49. The number of rotatable bonds is 4. The van der Waals surface area contributed by atoms with Crippen LogP contribution in [-0.2, 0) is 0 Å². The van der Waals surface area contributed by atoms with Gasteiger partial charge in [-0.3, -0.25) is 25.0 Å². The number of nitro benzene ring substituents is 2. The van der Waals surface area contributed by atoms with Gasteiger partial charge in [-0.1, -0.05) is 15.9 Å². The van der Waals surface area contributed by atoms with Crippen LogP contribution in [0.4, 0.5) is 17.1 Å². The zero-order valence-electron chi connectivity index (χ0n) is 11.2. The molecule has 0 unspecified atom stereocenters. The summed E-state index contributed by atoms with van der Waals surface area (Å²) in [7, 11) is 0. The zero-order valence-corrected chi connectivity index (χ0v) is 14.3. The Morgan fingerprint density at radius 2 is 1.52 bits per heavy atom. The van der Waals surface area contributed by atoms with Gasteiger partial charge in [0.25, 0.3) is 17.3 Å². The Balaban J connectivity index is 2.38. The summed E-state index contributed by atoms with van der Waals surface area (Å²) in [5.41, 5.74) is -0.813. The van der Waals surface area contributed by atoms with Crippen molar-refractivity contribution in [3.8, 4) is 0 Å². The van der Waals surface area contributed by atoms with E-state index in [1.807, 2.05) is 0 Å². The number of hydrogen-bond donors (Lipinski definition) is 1. The molecule has 0 aromatic heterocycles.